The Morgan fingerprint density at radius 1 is 0.953 bits per heavy atom. The van der Waals surface area contributed by atoms with E-state index in [2.05, 4.69) is 0 Å². The number of hydrogen-bond donors (Lipinski definition) is 1. The van der Waals surface area contributed by atoms with Gasteiger partial charge in [-0.15, -0.1) is 0 Å². The van der Waals surface area contributed by atoms with Crippen molar-refractivity contribution in [2.75, 3.05) is 13.2 Å². The maximum atomic E-state index is 14.7. The number of aliphatic imine (C=N–C) groups is 1. The van der Waals surface area contributed by atoms with Gasteiger partial charge in [0.2, 0.25) is 5.90 Å². The molecule has 2 amide bonds. The Kier molecular flexibility index (Phi) is 8.16. The van der Waals surface area contributed by atoms with Crippen LogP contribution in [0.1, 0.15) is 51.6 Å². The van der Waals surface area contributed by atoms with Gasteiger partial charge >= 0.3 is 0 Å². The lowest BCUT2D eigenvalue weighted by Gasteiger charge is -2.30. The lowest BCUT2D eigenvalue weighted by Crippen LogP contribution is -2.50. The van der Waals surface area contributed by atoms with Crippen LogP contribution >= 0.6 is 0 Å². The number of imide groups is 1. The van der Waals surface area contributed by atoms with Crippen molar-refractivity contribution in [1.82, 2.24) is 4.90 Å². The third kappa shape index (κ3) is 5.72. The Morgan fingerprint density at radius 2 is 1.65 bits per heavy atom. The van der Waals surface area contributed by atoms with Gasteiger partial charge in [0.05, 0.1) is 13.2 Å². The lowest BCUT2D eigenvalue weighted by atomic mass is 9.83. The third-order valence-corrected chi connectivity index (χ3v) is 7.72. The number of ether oxygens (including phenoxy) is 2. The minimum atomic E-state index is -1.41. The highest BCUT2D eigenvalue weighted by molar-refractivity contribution is 6.10. The van der Waals surface area contributed by atoms with Gasteiger partial charge in [0.25, 0.3) is 11.8 Å². The van der Waals surface area contributed by atoms with Gasteiger partial charge in [-0.05, 0) is 47.5 Å². The van der Waals surface area contributed by atoms with E-state index in [1.165, 1.54) is 4.90 Å². The Labute approximate surface area is 250 Å². The van der Waals surface area contributed by atoms with Gasteiger partial charge in [-0.1, -0.05) is 84.9 Å². The van der Waals surface area contributed by atoms with E-state index in [0.29, 0.717) is 35.8 Å². The maximum Gasteiger partial charge on any atom is 0.262 e. The molecule has 7 heteroatoms. The van der Waals surface area contributed by atoms with Crippen molar-refractivity contribution in [2.24, 2.45) is 4.99 Å². The summed E-state index contributed by atoms with van der Waals surface area (Å²) < 4.78 is 12.3. The van der Waals surface area contributed by atoms with Crippen LogP contribution in [0.5, 0.6) is 5.75 Å². The number of nitrogens with zero attached hydrogens (tertiary/aromatic N) is 2. The summed E-state index contributed by atoms with van der Waals surface area (Å²) in [6, 6.07) is 33.7. The Balaban J connectivity index is 1.44. The van der Waals surface area contributed by atoms with Crippen molar-refractivity contribution in [1.29, 1.82) is 0 Å². The molecule has 0 unspecified atom stereocenters. The summed E-state index contributed by atoms with van der Waals surface area (Å²) in [5.74, 6) is 0.212. The van der Waals surface area contributed by atoms with E-state index < -0.39 is 17.6 Å². The van der Waals surface area contributed by atoms with Gasteiger partial charge in [-0.3, -0.25) is 14.5 Å². The van der Waals surface area contributed by atoms with E-state index in [9.17, 15) is 9.59 Å². The van der Waals surface area contributed by atoms with E-state index >= 15 is 0 Å². The number of hydrogen-bond acceptors (Lipinski definition) is 6. The summed E-state index contributed by atoms with van der Waals surface area (Å²) in [5.41, 5.74) is 2.38. The molecular formula is C36H32N2O5. The molecule has 43 heavy (non-hydrogen) atoms. The fourth-order valence-corrected chi connectivity index (χ4v) is 5.53. The molecule has 2 aliphatic rings. The van der Waals surface area contributed by atoms with Crippen LogP contribution in [0.4, 0.5) is 0 Å². The number of carbonyl (C=O) groups is 2. The molecule has 0 saturated heterocycles. The zero-order chi connectivity index (χ0) is 29.6. The Bertz CT molecular complexity index is 1650. The van der Waals surface area contributed by atoms with Crippen molar-refractivity contribution >= 4 is 23.8 Å². The first-order valence-corrected chi connectivity index (χ1v) is 14.4. The van der Waals surface area contributed by atoms with E-state index in [1.54, 1.807) is 24.3 Å². The Hall–Kier alpha value is -5.01. The predicted octanol–water partition coefficient (Wildman–Crippen LogP) is 5.99. The lowest BCUT2D eigenvalue weighted by molar-refractivity contribution is -0.136. The van der Waals surface area contributed by atoms with Crippen LogP contribution in [-0.4, -0.2) is 46.5 Å². The van der Waals surface area contributed by atoms with Gasteiger partial charge in [0.1, 0.15) is 5.75 Å². The van der Waals surface area contributed by atoms with E-state index in [1.807, 2.05) is 97.1 Å². The second kappa shape index (κ2) is 12.5. The van der Waals surface area contributed by atoms with Crippen LogP contribution < -0.4 is 4.74 Å². The molecule has 4 aromatic carbocycles. The quantitative estimate of drug-likeness (QED) is 0.197. The average Bonchev–Trinajstić information content (AvgIpc) is 3.41. The molecule has 2 heterocycles. The highest BCUT2D eigenvalue weighted by Crippen LogP contribution is 2.47. The second-order valence-corrected chi connectivity index (χ2v) is 10.6. The molecule has 2 aliphatic heterocycles. The minimum Gasteiger partial charge on any atom is -0.494 e. The molecule has 0 fully saturated rings. The van der Waals surface area contributed by atoms with Crippen molar-refractivity contribution in [2.45, 2.75) is 31.0 Å². The topological polar surface area (TPSA) is 88.4 Å². The van der Waals surface area contributed by atoms with Crippen LogP contribution in [0.3, 0.4) is 0 Å². The van der Waals surface area contributed by atoms with Crippen molar-refractivity contribution < 1.29 is 24.2 Å². The van der Waals surface area contributed by atoms with E-state index in [0.717, 1.165) is 16.7 Å². The molecule has 2 atom stereocenters. The molecule has 0 radical (unpaired) electrons. The predicted molar refractivity (Wildman–Crippen MR) is 165 cm³/mol. The first-order valence-electron chi connectivity index (χ1n) is 14.4. The summed E-state index contributed by atoms with van der Waals surface area (Å²) in [4.78, 5) is 34.9. The largest absolute Gasteiger partial charge is 0.494 e. The molecular weight excluding hydrogens is 540 g/mol. The van der Waals surface area contributed by atoms with Gasteiger partial charge in [-0.2, -0.15) is 0 Å². The second-order valence-electron chi connectivity index (χ2n) is 10.6. The van der Waals surface area contributed by atoms with Crippen LogP contribution in [0.15, 0.2) is 120 Å². The molecule has 4 aromatic rings. The number of rotatable bonds is 9. The first-order chi connectivity index (χ1) is 21.1. The highest BCUT2D eigenvalue weighted by atomic mass is 16.5. The summed E-state index contributed by atoms with van der Waals surface area (Å²) >= 11 is 0. The van der Waals surface area contributed by atoms with Gasteiger partial charge in [0.15, 0.2) is 11.6 Å². The number of benzene rings is 4. The van der Waals surface area contributed by atoms with Crippen molar-refractivity contribution in [3.63, 3.8) is 0 Å². The molecule has 0 spiro atoms. The summed E-state index contributed by atoms with van der Waals surface area (Å²) in [7, 11) is 0. The van der Waals surface area contributed by atoms with Gasteiger partial charge in [0, 0.05) is 36.1 Å². The Morgan fingerprint density at radius 3 is 2.40 bits per heavy atom. The minimum absolute atomic E-state index is 0.0597. The molecule has 0 aromatic heterocycles. The van der Waals surface area contributed by atoms with E-state index in [-0.39, 0.29) is 25.5 Å². The maximum absolute atomic E-state index is 14.7. The molecule has 0 bridgehead atoms. The highest BCUT2D eigenvalue weighted by Gasteiger charge is 2.57. The number of aliphatic hydroxyl groups is 1. The number of aliphatic hydroxyl groups excluding tert-OH is 1. The fourth-order valence-electron chi connectivity index (χ4n) is 5.53. The normalized spacial score (nSPS) is 19.3. The standard InChI is InChI=1S/C36H32N2O5/c39-23-10-24-42-30-20-18-27(19-21-30)33-37-36(22-9-13-26-11-3-1-4-12-26)32(43-33)31-17-8-7-16-29(31)25-38(35(36)41)34(40)28-14-5-2-6-15-28/h1-9,11-21,32,39H,10,22-25H2/b13-9+/t32-,36-/m1/s1. The molecule has 216 valence electrons. The smallest absolute Gasteiger partial charge is 0.262 e. The first kappa shape index (κ1) is 28.1. The van der Waals surface area contributed by atoms with Gasteiger partial charge < -0.3 is 14.6 Å². The molecule has 0 saturated carbocycles. The summed E-state index contributed by atoms with van der Waals surface area (Å²) in [6.07, 6.45) is 3.93. The zero-order valence-corrected chi connectivity index (χ0v) is 23.6. The summed E-state index contributed by atoms with van der Waals surface area (Å²) in [5, 5.41) is 9.04. The molecule has 1 N–H and O–H groups in total. The van der Waals surface area contributed by atoms with Crippen LogP contribution in [0.2, 0.25) is 0 Å². The van der Waals surface area contributed by atoms with Crippen molar-refractivity contribution in [3.05, 3.63) is 143 Å². The SMILES string of the molecule is O=C(c1ccccc1)N1Cc2ccccc2[C@H]2OC(c3ccc(OCCCO)cc3)=N[C@@]2(C/C=C/c2ccccc2)C1=O. The van der Waals surface area contributed by atoms with E-state index in [4.69, 9.17) is 19.6 Å². The number of fused-ring (bicyclic) bond motifs is 3. The number of amides is 2. The average molecular weight is 573 g/mol. The zero-order valence-electron chi connectivity index (χ0n) is 23.6. The molecule has 0 aliphatic carbocycles. The molecule has 7 nitrogen and oxygen atoms in total. The molecule has 6 rings (SSSR count). The monoisotopic (exact) mass is 572 g/mol. The van der Waals surface area contributed by atoms with Crippen LogP contribution in [0, 0.1) is 0 Å². The third-order valence-electron chi connectivity index (χ3n) is 7.72. The van der Waals surface area contributed by atoms with Gasteiger partial charge in [-0.25, -0.2) is 4.99 Å². The number of carbonyl (C=O) groups excluding carboxylic acids is 2. The summed E-state index contributed by atoms with van der Waals surface area (Å²) in [6.45, 7) is 0.588. The van der Waals surface area contributed by atoms with Crippen LogP contribution in [0.25, 0.3) is 6.08 Å². The van der Waals surface area contributed by atoms with Crippen molar-refractivity contribution in [3.8, 4) is 5.75 Å². The van der Waals surface area contributed by atoms with Crippen LogP contribution in [-0.2, 0) is 16.1 Å². The fraction of sp³-hybridized carbons (Fsp3) is 0.194.